The summed E-state index contributed by atoms with van der Waals surface area (Å²) in [5.41, 5.74) is 0.0333. The number of piperidine rings is 1. The summed E-state index contributed by atoms with van der Waals surface area (Å²) >= 11 is 0. The van der Waals surface area contributed by atoms with Gasteiger partial charge in [-0.05, 0) is 38.8 Å². The van der Waals surface area contributed by atoms with Crippen LogP contribution in [0.5, 0.6) is 0 Å². The van der Waals surface area contributed by atoms with Gasteiger partial charge < -0.3 is 14.7 Å². The second-order valence-corrected chi connectivity index (χ2v) is 5.06. The zero-order valence-corrected chi connectivity index (χ0v) is 11.4. The summed E-state index contributed by atoms with van der Waals surface area (Å²) in [6.45, 7) is 6.55. The van der Waals surface area contributed by atoms with Gasteiger partial charge in [0.05, 0.1) is 5.60 Å². The van der Waals surface area contributed by atoms with E-state index in [4.69, 9.17) is 9.84 Å². The Morgan fingerprint density at radius 3 is 2.74 bits per heavy atom. The number of carboxylic acids is 1. The molecule has 0 aromatic carbocycles. The van der Waals surface area contributed by atoms with Crippen molar-refractivity contribution in [1.82, 2.24) is 4.98 Å². The number of carboxylic acid groups (broad SMARTS) is 1. The molecule has 2 heterocycles. The Morgan fingerprint density at radius 1 is 1.47 bits per heavy atom. The van der Waals surface area contributed by atoms with Crippen molar-refractivity contribution >= 4 is 11.8 Å². The maximum Gasteiger partial charge on any atom is 0.354 e. The van der Waals surface area contributed by atoms with E-state index < -0.39 is 5.97 Å². The molecule has 0 unspecified atom stereocenters. The first-order valence-electron chi connectivity index (χ1n) is 6.63. The molecule has 0 saturated carbocycles. The molecule has 5 nitrogen and oxygen atoms in total. The van der Waals surface area contributed by atoms with Gasteiger partial charge in [-0.2, -0.15) is 0 Å². The molecule has 1 N–H and O–H groups in total. The molecule has 1 aliphatic rings. The van der Waals surface area contributed by atoms with Crippen LogP contribution in [0.1, 0.15) is 37.2 Å². The van der Waals surface area contributed by atoms with Gasteiger partial charge in [-0.1, -0.05) is 6.07 Å². The number of ether oxygens (including phenoxy) is 1. The maximum atomic E-state index is 10.9. The SMILES string of the molecule is CCOC1(C)CCN(c2cccc(C(=O)O)n2)CC1. The fourth-order valence-corrected chi connectivity index (χ4v) is 2.42. The van der Waals surface area contributed by atoms with E-state index in [9.17, 15) is 4.79 Å². The highest BCUT2D eigenvalue weighted by molar-refractivity contribution is 5.85. The number of aromatic carboxylic acids is 1. The molecule has 1 aromatic rings. The highest BCUT2D eigenvalue weighted by Crippen LogP contribution is 2.28. The largest absolute Gasteiger partial charge is 0.477 e. The topological polar surface area (TPSA) is 62.7 Å². The summed E-state index contributed by atoms with van der Waals surface area (Å²) < 4.78 is 5.78. The molecule has 1 aromatic heterocycles. The Balaban J connectivity index is 2.05. The normalized spacial score (nSPS) is 18.3. The van der Waals surface area contributed by atoms with Crippen molar-refractivity contribution in [1.29, 1.82) is 0 Å². The van der Waals surface area contributed by atoms with Crippen LogP contribution in [0.3, 0.4) is 0 Å². The third kappa shape index (κ3) is 3.23. The minimum Gasteiger partial charge on any atom is -0.477 e. The maximum absolute atomic E-state index is 10.9. The fraction of sp³-hybridized carbons (Fsp3) is 0.571. The molecule has 0 amide bonds. The molecule has 1 aliphatic heterocycles. The molecule has 0 bridgehead atoms. The highest BCUT2D eigenvalue weighted by Gasteiger charge is 2.30. The quantitative estimate of drug-likeness (QED) is 0.903. The average molecular weight is 264 g/mol. The standard InChI is InChI=1S/C14H20N2O3/c1-3-19-14(2)7-9-16(10-8-14)12-6-4-5-11(15-12)13(17)18/h4-6H,3,7-10H2,1-2H3,(H,17,18). The Morgan fingerprint density at radius 2 is 2.16 bits per heavy atom. The molecule has 104 valence electrons. The van der Waals surface area contributed by atoms with Gasteiger partial charge in [0, 0.05) is 19.7 Å². The van der Waals surface area contributed by atoms with Crippen LogP contribution < -0.4 is 4.90 Å². The lowest BCUT2D eigenvalue weighted by Crippen LogP contribution is -2.44. The molecule has 0 radical (unpaired) electrons. The van der Waals surface area contributed by atoms with Crippen LogP contribution in [-0.4, -0.2) is 41.4 Å². The average Bonchev–Trinajstić information content (AvgIpc) is 2.40. The van der Waals surface area contributed by atoms with Crippen LogP contribution in [-0.2, 0) is 4.74 Å². The number of carbonyl (C=O) groups is 1. The number of nitrogens with zero attached hydrogens (tertiary/aromatic N) is 2. The van der Waals surface area contributed by atoms with Crippen molar-refractivity contribution in [3.05, 3.63) is 23.9 Å². The van der Waals surface area contributed by atoms with Gasteiger partial charge in [0.25, 0.3) is 0 Å². The minimum absolute atomic E-state index is 0.0599. The van der Waals surface area contributed by atoms with Crippen LogP contribution >= 0.6 is 0 Å². The molecule has 19 heavy (non-hydrogen) atoms. The van der Waals surface area contributed by atoms with Crippen molar-refractivity contribution in [3.8, 4) is 0 Å². The smallest absolute Gasteiger partial charge is 0.354 e. The van der Waals surface area contributed by atoms with Crippen molar-refractivity contribution in [2.45, 2.75) is 32.3 Å². The monoisotopic (exact) mass is 264 g/mol. The van der Waals surface area contributed by atoms with Crippen LogP contribution in [0.2, 0.25) is 0 Å². The summed E-state index contributed by atoms with van der Waals surface area (Å²) in [5, 5.41) is 8.96. The summed E-state index contributed by atoms with van der Waals surface area (Å²) in [5.74, 6) is -0.253. The van der Waals surface area contributed by atoms with E-state index in [0.717, 1.165) is 38.4 Å². The lowest BCUT2D eigenvalue weighted by atomic mass is 9.93. The highest BCUT2D eigenvalue weighted by atomic mass is 16.5. The van der Waals surface area contributed by atoms with E-state index in [-0.39, 0.29) is 11.3 Å². The minimum atomic E-state index is -0.988. The Bertz CT molecular complexity index is 454. The summed E-state index contributed by atoms with van der Waals surface area (Å²) in [7, 11) is 0. The third-order valence-corrected chi connectivity index (χ3v) is 3.59. The van der Waals surface area contributed by atoms with Gasteiger partial charge in [-0.15, -0.1) is 0 Å². The first-order chi connectivity index (χ1) is 9.04. The lowest BCUT2D eigenvalue weighted by Gasteiger charge is -2.39. The van der Waals surface area contributed by atoms with Crippen molar-refractivity contribution < 1.29 is 14.6 Å². The summed E-state index contributed by atoms with van der Waals surface area (Å²) in [6.07, 6.45) is 1.86. The predicted molar refractivity (Wildman–Crippen MR) is 72.7 cm³/mol. The van der Waals surface area contributed by atoms with E-state index in [1.165, 1.54) is 6.07 Å². The summed E-state index contributed by atoms with van der Waals surface area (Å²) in [4.78, 5) is 17.2. The lowest BCUT2D eigenvalue weighted by molar-refractivity contribution is -0.0414. The molecule has 1 fully saturated rings. The molecule has 5 heteroatoms. The van der Waals surface area contributed by atoms with E-state index >= 15 is 0 Å². The van der Waals surface area contributed by atoms with Crippen LogP contribution in [0.4, 0.5) is 5.82 Å². The first-order valence-corrected chi connectivity index (χ1v) is 6.63. The molecule has 0 aliphatic carbocycles. The fourth-order valence-electron chi connectivity index (χ4n) is 2.42. The van der Waals surface area contributed by atoms with Gasteiger partial charge in [0.2, 0.25) is 0 Å². The van der Waals surface area contributed by atoms with E-state index in [0.29, 0.717) is 0 Å². The van der Waals surface area contributed by atoms with Crippen molar-refractivity contribution in [3.63, 3.8) is 0 Å². The second kappa shape index (κ2) is 5.57. The van der Waals surface area contributed by atoms with E-state index in [1.54, 1.807) is 6.07 Å². The molecule has 1 saturated heterocycles. The number of anilines is 1. The number of aromatic nitrogens is 1. The predicted octanol–water partition coefficient (Wildman–Crippen LogP) is 2.18. The zero-order valence-electron chi connectivity index (χ0n) is 11.4. The molecular weight excluding hydrogens is 244 g/mol. The van der Waals surface area contributed by atoms with Gasteiger partial charge in [-0.25, -0.2) is 9.78 Å². The Kier molecular flexibility index (Phi) is 4.04. The van der Waals surface area contributed by atoms with Crippen molar-refractivity contribution in [2.75, 3.05) is 24.6 Å². The Labute approximate surface area is 113 Å². The zero-order chi connectivity index (χ0) is 13.9. The number of rotatable bonds is 4. The Hall–Kier alpha value is -1.62. The van der Waals surface area contributed by atoms with Crippen LogP contribution in [0.15, 0.2) is 18.2 Å². The molecule has 2 rings (SSSR count). The first kappa shape index (κ1) is 13.8. The van der Waals surface area contributed by atoms with Crippen LogP contribution in [0.25, 0.3) is 0 Å². The van der Waals surface area contributed by atoms with Crippen LogP contribution in [0, 0.1) is 0 Å². The number of hydrogen-bond acceptors (Lipinski definition) is 4. The van der Waals surface area contributed by atoms with Gasteiger partial charge >= 0.3 is 5.97 Å². The van der Waals surface area contributed by atoms with Gasteiger partial charge in [0.1, 0.15) is 5.82 Å². The van der Waals surface area contributed by atoms with Gasteiger partial charge in [0.15, 0.2) is 5.69 Å². The van der Waals surface area contributed by atoms with Crippen molar-refractivity contribution in [2.24, 2.45) is 0 Å². The number of pyridine rings is 1. The molecular formula is C14H20N2O3. The second-order valence-electron chi connectivity index (χ2n) is 5.06. The molecule has 0 spiro atoms. The third-order valence-electron chi connectivity index (χ3n) is 3.59. The van der Waals surface area contributed by atoms with E-state index in [2.05, 4.69) is 16.8 Å². The van der Waals surface area contributed by atoms with Gasteiger partial charge in [-0.3, -0.25) is 0 Å². The summed E-state index contributed by atoms with van der Waals surface area (Å²) in [6, 6.07) is 5.11. The number of hydrogen-bond donors (Lipinski definition) is 1. The van der Waals surface area contributed by atoms with E-state index in [1.807, 2.05) is 13.0 Å². The molecule has 0 atom stereocenters.